The van der Waals surface area contributed by atoms with Crippen molar-refractivity contribution in [2.75, 3.05) is 31.6 Å². The van der Waals surface area contributed by atoms with Crippen LogP contribution < -0.4 is 25.0 Å². The van der Waals surface area contributed by atoms with Crippen molar-refractivity contribution in [1.82, 2.24) is 20.6 Å². The summed E-state index contributed by atoms with van der Waals surface area (Å²) in [6.45, 7) is 3.02. The molecule has 1 aromatic rings. The lowest BCUT2D eigenvalue weighted by atomic mass is 9.92. The maximum absolute atomic E-state index is 13.3. The van der Waals surface area contributed by atoms with Crippen molar-refractivity contribution >= 4 is 17.8 Å². The van der Waals surface area contributed by atoms with E-state index in [-0.39, 0.29) is 23.5 Å². The number of nitrogens with zero attached hydrogens (tertiary/aromatic N) is 3. The summed E-state index contributed by atoms with van der Waals surface area (Å²) in [6.07, 6.45) is 3.11. The first kappa shape index (κ1) is 22.0. The molecule has 11 heteroatoms. The van der Waals surface area contributed by atoms with Gasteiger partial charge >= 0.3 is 6.09 Å². The largest absolute Gasteiger partial charge is 0.475 e. The first-order chi connectivity index (χ1) is 14.2. The molecule has 1 saturated carbocycles. The van der Waals surface area contributed by atoms with Crippen molar-refractivity contribution in [2.24, 2.45) is 5.92 Å². The van der Waals surface area contributed by atoms with Gasteiger partial charge in [0.05, 0.1) is 25.9 Å². The third-order valence-corrected chi connectivity index (χ3v) is 5.40. The summed E-state index contributed by atoms with van der Waals surface area (Å²) in [6, 6.07) is 0. The Kier molecular flexibility index (Phi) is 6.27. The first-order valence-electron chi connectivity index (χ1n) is 10.1. The number of hydrogen-bond donors (Lipinski definition) is 2. The Balaban J connectivity index is 1.72. The third-order valence-electron chi connectivity index (χ3n) is 5.40. The fraction of sp³-hybridized carbons (Fsp3) is 0.684. The van der Waals surface area contributed by atoms with Crippen LogP contribution in [0.25, 0.3) is 0 Å². The number of likely N-dealkylation sites (N-methyl/N-ethyl adjacent to an activating group) is 1. The van der Waals surface area contributed by atoms with E-state index < -0.39 is 30.6 Å². The highest BCUT2D eigenvalue weighted by Crippen LogP contribution is 2.37. The van der Waals surface area contributed by atoms with E-state index in [2.05, 4.69) is 20.6 Å². The molecule has 0 bridgehead atoms. The van der Waals surface area contributed by atoms with Gasteiger partial charge < -0.3 is 25.0 Å². The minimum absolute atomic E-state index is 0.0475. The number of nitrogens with one attached hydrogen (secondary N) is 2. The number of carbonyl (C=O) groups is 2. The van der Waals surface area contributed by atoms with Gasteiger partial charge in [-0.05, 0) is 31.6 Å². The molecule has 0 unspecified atom stereocenters. The van der Waals surface area contributed by atoms with Crippen LogP contribution in [0.15, 0.2) is 6.20 Å². The van der Waals surface area contributed by atoms with Crippen molar-refractivity contribution in [3.63, 3.8) is 0 Å². The van der Waals surface area contributed by atoms with E-state index >= 15 is 0 Å². The number of amides is 2. The molecule has 2 aliphatic rings. The molecule has 3 rings (SSSR count). The Morgan fingerprint density at radius 2 is 1.97 bits per heavy atom. The fourth-order valence-electron chi connectivity index (χ4n) is 3.22. The number of rotatable bonds is 9. The molecule has 1 aliphatic carbocycles. The van der Waals surface area contributed by atoms with Crippen molar-refractivity contribution in [1.29, 1.82) is 0 Å². The molecule has 2 N–H and O–H groups in total. The van der Waals surface area contributed by atoms with Gasteiger partial charge in [0.2, 0.25) is 11.8 Å². The molecule has 0 aromatic carbocycles. The lowest BCUT2D eigenvalue weighted by Gasteiger charge is -2.39. The zero-order valence-corrected chi connectivity index (χ0v) is 17.3. The van der Waals surface area contributed by atoms with Gasteiger partial charge in [0.1, 0.15) is 5.54 Å². The van der Waals surface area contributed by atoms with Crippen molar-refractivity contribution in [3.8, 4) is 11.8 Å². The minimum Gasteiger partial charge on any atom is -0.475 e. The molecule has 0 radical (unpaired) electrons. The Bertz CT molecular complexity index is 791. The summed E-state index contributed by atoms with van der Waals surface area (Å²) in [5.74, 6) is -2.60. The zero-order chi connectivity index (χ0) is 21.9. The van der Waals surface area contributed by atoms with Crippen LogP contribution in [0.2, 0.25) is 0 Å². The maximum atomic E-state index is 13.3. The number of ether oxygens (including phenoxy) is 2. The van der Waals surface area contributed by atoms with E-state index in [0.717, 1.165) is 12.8 Å². The van der Waals surface area contributed by atoms with Gasteiger partial charge in [-0.3, -0.25) is 4.79 Å². The number of aromatic nitrogens is 2. The predicted molar refractivity (Wildman–Crippen MR) is 104 cm³/mol. The van der Waals surface area contributed by atoms with E-state index in [1.807, 2.05) is 0 Å². The average Bonchev–Trinajstić information content (AvgIpc) is 3.52. The normalized spacial score (nSPS) is 17.7. The molecule has 1 saturated heterocycles. The van der Waals surface area contributed by atoms with Gasteiger partial charge in [-0.2, -0.15) is 4.98 Å². The Morgan fingerprint density at radius 3 is 2.50 bits per heavy atom. The molecular formula is C19H27F2N5O4. The van der Waals surface area contributed by atoms with Crippen LogP contribution in [0.4, 0.5) is 19.4 Å². The standard InChI is InChI=1S/C19H27F2N5O4/c1-4-18(5-2,16(27)22-3)25-17(28)30-13-8-23-14(26-10-19(20,21)11-26)15(24-13)29-9-12-6-7-12/h8,12H,4-7,9-11H2,1-3H3,(H,22,27)(H,25,28). The summed E-state index contributed by atoms with van der Waals surface area (Å²) >= 11 is 0. The average molecular weight is 427 g/mol. The maximum Gasteiger partial charge on any atom is 0.414 e. The molecule has 2 heterocycles. The van der Waals surface area contributed by atoms with Crippen LogP contribution in [0, 0.1) is 5.92 Å². The molecule has 0 atom stereocenters. The summed E-state index contributed by atoms with van der Waals surface area (Å²) in [4.78, 5) is 34.2. The second-order valence-corrected chi connectivity index (χ2v) is 7.69. The lowest BCUT2D eigenvalue weighted by molar-refractivity contribution is -0.127. The highest BCUT2D eigenvalue weighted by Gasteiger charge is 2.46. The van der Waals surface area contributed by atoms with Crippen LogP contribution in [-0.2, 0) is 4.79 Å². The molecule has 9 nitrogen and oxygen atoms in total. The predicted octanol–water partition coefficient (Wildman–Crippen LogP) is 2.11. The van der Waals surface area contributed by atoms with E-state index in [0.29, 0.717) is 25.4 Å². The summed E-state index contributed by atoms with van der Waals surface area (Å²) in [7, 11) is 1.49. The highest BCUT2D eigenvalue weighted by molar-refractivity contribution is 5.90. The Morgan fingerprint density at radius 1 is 1.30 bits per heavy atom. The molecule has 30 heavy (non-hydrogen) atoms. The number of carbonyl (C=O) groups excluding carboxylic acids is 2. The third kappa shape index (κ3) is 4.88. The van der Waals surface area contributed by atoms with Gasteiger partial charge in [0.15, 0.2) is 5.82 Å². The lowest BCUT2D eigenvalue weighted by Crippen LogP contribution is -2.58. The Hall–Kier alpha value is -2.72. The summed E-state index contributed by atoms with van der Waals surface area (Å²) < 4.78 is 37.4. The van der Waals surface area contributed by atoms with Crippen LogP contribution in [0.1, 0.15) is 39.5 Å². The second-order valence-electron chi connectivity index (χ2n) is 7.69. The van der Waals surface area contributed by atoms with Crippen LogP contribution in [-0.4, -0.2) is 60.2 Å². The van der Waals surface area contributed by atoms with Crippen molar-refractivity contribution in [2.45, 2.75) is 51.0 Å². The smallest absolute Gasteiger partial charge is 0.414 e. The van der Waals surface area contributed by atoms with Crippen LogP contribution in [0.5, 0.6) is 11.8 Å². The molecule has 2 amide bonds. The van der Waals surface area contributed by atoms with Crippen molar-refractivity contribution in [3.05, 3.63) is 6.20 Å². The SMILES string of the molecule is CCC(CC)(NC(=O)Oc1cnc(N2CC(F)(F)C2)c(OCC2CC2)n1)C(=O)NC. The zero-order valence-electron chi connectivity index (χ0n) is 17.3. The molecule has 0 spiro atoms. The monoisotopic (exact) mass is 427 g/mol. The summed E-state index contributed by atoms with van der Waals surface area (Å²) in [5.41, 5.74) is -1.12. The number of hydrogen-bond acceptors (Lipinski definition) is 7. The van der Waals surface area contributed by atoms with Crippen LogP contribution >= 0.6 is 0 Å². The van der Waals surface area contributed by atoms with E-state index in [4.69, 9.17) is 9.47 Å². The van der Waals surface area contributed by atoms with Gasteiger partial charge in [0, 0.05) is 7.05 Å². The molecular weight excluding hydrogens is 400 g/mol. The minimum atomic E-state index is -2.77. The second kappa shape index (κ2) is 8.57. The fourth-order valence-corrected chi connectivity index (χ4v) is 3.22. The van der Waals surface area contributed by atoms with Crippen LogP contribution in [0.3, 0.4) is 0 Å². The van der Waals surface area contributed by atoms with Crippen molar-refractivity contribution < 1.29 is 27.8 Å². The van der Waals surface area contributed by atoms with Gasteiger partial charge in [-0.15, -0.1) is 0 Å². The molecule has 2 fully saturated rings. The van der Waals surface area contributed by atoms with E-state index in [1.165, 1.54) is 18.1 Å². The number of anilines is 1. The van der Waals surface area contributed by atoms with Gasteiger partial charge in [0.25, 0.3) is 11.8 Å². The molecule has 1 aromatic heterocycles. The summed E-state index contributed by atoms with van der Waals surface area (Å²) in [5, 5.41) is 5.12. The molecule has 166 valence electrons. The topological polar surface area (TPSA) is 106 Å². The van der Waals surface area contributed by atoms with E-state index in [1.54, 1.807) is 13.8 Å². The quantitative estimate of drug-likeness (QED) is 0.622. The number of halogens is 2. The first-order valence-corrected chi connectivity index (χ1v) is 10.1. The van der Waals surface area contributed by atoms with Gasteiger partial charge in [-0.25, -0.2) is 18.6 Å². The number of alkyl halides is 2. The van der Waals surface area contributed by atoms with Gasteiger partial charge in [-0.1, -0.05) is 13.8 Å². The highest BCUT2D eigenvalue weighted by atomic mass is 19.3. The van der Waals surface area contributed by atoms with E-state index in [9.17, 15) is 18.4 Å². The molecule has 1 aliphatic heterocycles. The Labute approximate surface area is 173 Å².